The van der Waals surface area contributed by atoms with Crippen LogP contribution in [-0.2, 0) is 10.1 Å². The fourth-order valence-electron chi connectivity index (χ4n) is 1.64. The first-order valence-electron chi connectivity index (χ1n) is 4.55. The standard InChI is InChI=1S/C11H10O4S.Na/c1-15-10-6-7-11(16(12,13)14)9-5-3-2-4-8(9)10;/h2-7H,1H3,(H,12,13,14);/q;+1/p-1. The second-order valence-electron chi connectivity index (χ2n) is 3.27. The summed E-state index contributed by atoms with van der Waals surface area (Å²) >= 11 is 0. The molecule has 4 nitrogen and oxygen atoms in total. The van der Waals surface area contributed by atoms with E-state index in [1.165, 1.54) is 19.2 Å². The van der Waals surface area contributed by atoms with E-state index in [1.54, 1.807) is 24.3 Å². The minimum atomic E-state index is -4.46. The van der Waals surface area contributed by atoms with E-state index in [-0.39, 0.29) is 34.5 Å². The van der Waals surface area contributed by atoms with Gasteiger partial charge in [-0.3, -0.25) is 0 Å². The Labute approximate surface area is 122 Å². The summed E-state index contributed by atoms with van der Waals surface area (Å²) < 4.78 is 38.2. The Morgan fingerprint density at radius 3 is 2.18 bits per heavy atom. The van der Waals surface area contributed by atoms with Gasteiger partial charge in [-0.1, -0.05) is 24.3 Å². The van der Waals surface area contributed by atoms with E-state index in [9.17, 15) is 13.0 Å². The third-order valence-electron chi connectivity index (χ3n) is 2.33. The molecule has 0 saturated heterocycles. The minimum absolute atomic E-state index is 0. The molecule has 0 bridgehead atoms. The molecule has 84 valence electrons. The summed E-state index contributed by atoms with van der Waals surface area (Å²) in [5.41, 5.74) is 0. The Kier molecular flexibility index (Phi) is 4.57. The second-order valence-corrected chi connectivity index (χ2v) is 4.61. The zero-order chi connectivity index (χ0) is 11.8. The largest absolute Gasteiger partial charge is 1.00 e. The summed E-state index contributed by atoms with van der Waals surface area (Å²) in [5.74, 6) is 0.544. The Morgan fingerprint density at radius 1 is 1.06 bits per heavy atom. The van der Waals surface area contributed by atoms with E-state index in [1.807, 2.05) is 0 Å². The number of benzene rings is 2. The van der Waals surface area contributed by atoms with Gasteiger partial charge in [0.25, 0.3) is 0 Å². The van der Waals surface area contributed by atoms with Gasteiger partial charge in [0, 0.05) is 10.8 Å². The molecule has 2 rings (SSSR count). The zero-order valence-corrected chi connectivity index (χ0v) is 12.3. The Hall–Kier alpha value is -0.590. The monoisotopic (exact) mass is 260 g/mol. The van der Waals surface area contributed by atoms with Crippen molar-refractivity contribution in [1.29, 1.82) is 0 Å². The third kappa shape index (κ3) is 2.81. The summed E-state index contributed by atoms with van der Waals surface area (Å²) in [4.78, 5) is -0.219. The molecule has 0 aliphatic carbocycles. The van der Waals surface area contributed by atoms with Gasteiger partial charge in [0.1, 0.15) is 15.9 Å². The third-order valence-corrected chi connectivity index (χ3v) is 3.23. The summed E-state index contributed by atoms with van der Waals surface area (Å²) in [5, 5.41) is 0.999. The van der Waals surface area contributed by atoms with Crippen molar-refractivity contribution in [1.82, 2.24) is 0 Å². The van der Waals surface area contributed by atoms with Crippen LogP contribution in [0.5, 0.6) is 5.75 Å². The molecule has 0 N–H and O–H groups in total. The smallest absolute Gasteiger partial charge is 0.744 e. The normalized spacial score (nSPS) is 10.9. The molecule has 0 amide bonds. The second kappa shape index (κ2) is 5.37. The maximum absolute atomic E-state index is 11.1. The van der Waals surface area contributed by atoms with Gasteiger partial charge in [-0.05, 0) is 12.1 Å². The van der Waals surface area contributed by atoms with Gasteiger partial charge in [-0.15, -0.1) is 0 Å². The number of fused-ring (bicyclic) bond motifs is 1. The van der Waals surface area contributed by atoms with Crippen LogP contribution in [0.3, 0.4) is 0 Å². The van der Waals surface area contributed by atoms with Gasteiger partial charge in [-0.2, -0.15) is 0 Å². The van der Waals surface area contributed by atoms with Crippen LogP contribution < -0.4 is 34.3 Å². The van der Waals surface area contributed by atoms with E-state index in [4.69, 9.17) is 4.74 Å². The van der Waals surface area contributed by atoms with Crippen molar-refractivity contribution < 1.29 is 47.3 Å². The average molecular weight is 260 g/mol. The first-order chi connectivity index (χ1) is 7.54. The molecule has 6 heteroatoms. The van der Waals surface area contributed by atoms with Gasteiger partial charge in [0.15, 0.2) is 0 Å². The van der Waals surface area contributed by atoms with Gasteiger partial charge < -0.3 is 9.29 Å². The number of rotatable bonds is 2. The van der Waals surface area contributed by atoms with Crippen molar-refractivity contribution >= 4 is 20.9 Å². The van der Waals surface area contributed by atoms with Crippen LogP contribution in [0, 0.1) is 0 Å². The molecule has 0 fully saturated rings. The Bertz CT molecular complexity index is 637. The molecular formula is C11H9NaO4S. The molecule has 0 unspecified atom stereocenters. The molecule has 0 spiro atoms. The maximum Gasteiger partial charge on any atom is 1.00 e. The van der Waals surface area contributed by atoms with Crippen LogP contribution in [0.2, 0.25) is 0 Å². The van der Waals surface area contributed by atoms with Crippen molar-refractivity contribution in [2.45, 2.75) is 4.90 Å². The summed E-state index contributed by atoms with van der Waals surface area (Å²) in [6.45, 7) is 0. The molecule has 2 aromatic carbocycles. The van der Waals surface area contributed by atoms with Crippen molar-refractivity contribution in [2.75, 3.05) is 7.11 Å². The van der Waals surface area contributed by atoms with E-state index in [0.717, 1.165) is 0 Å². The van der Waals surface area contributed by atoms with Gasteiger partial charge in [-0.25, -0.2) is 8.42 Å². The van der Waals surface area contributed by atoms with Crippen LogP contribution in [0.1, 0.15) is 0 Å². The number of ether oxygens (including phenoxy) is 1. The zero-order valence-electron chi connectivity index (χ0n) is 9.51. The fourth-order valence-corrected chi connectivity index (χ4v) is 2.32. The van der Waals surface area contributed by atoms with Gasteiger partial charge in [0.2, 0.25) is 0 Å². The van der Waals surface area contributed by atoms with Crippen molar-refractivity contribution in [2.24, 2.45) is 0 Å². The van der Waals surface area contributed by atoms with E-state index in [2.05, 4.69) is 0 Å². The SMILES string of the molecule is COc1ccc(S(=O)(=O)[O-])c2ccccc12.[Na+]. The topological polar surface area (TPSA) is 66.4 Å². The van der Waals surface area contributed by atoms with E-state index in [0.29, 0.717) is 16.5 Å². The van der Waals surface area contributed by atoms with Crippen LogP contribution in [0.25, 0.3) is 10.8 Å². The van der Waals surface area contributed by atoms with Crippen LogP contribution in [0.15, 0.2) is 41.3 Å². The van der Waals surface area contributed by atoms with E-state index < -0.39 is 10.1 Å². The number of hydrogen-bond donors (Lipinski definition) is 0. The average Bonchev–Trinajstić information content (AvgIpc) is 2.26. The minimum Gasteiger partial charge on any atom is -0.744 e. The molecule has 0 atom stereocenters. The van der Waals surface area contributed by atoms with Crippen molar-refractivity contribution in [3.63, 3.8) is 0 Å². The summed E-state index contributed by atoms with van der Waals surface area (Å²) in [6, 6.07) is 9.48. The van der Waals surface area contributed by atoms with Crippen molar-refractivity contribution in [3.8, 4) is 5.75 Å². The number of methoxy groups -OCH3 is 1. The molecule has 0 aliphatic heterocycles. The first kappa shape index (κ1) is 14.5. The summed E-state index contributed by atoms with van der Waals surface area (Å²) in [7, 11) is -2.97. The maximum atomic E-state index is 11.1. The van der Waals surface area contributed by atoms with Crippen LogP contribution in [-0.4, -0.2) is 20.1 Å². The molecule has 0 aromatic heterocycles. The Morgan fingerprint density at radius 2 is 1.65 bits per heavy atom. The molecule has 2 aromatic rings. The molecular weight excluding hydrogens is 251 g/mol. The molecule has 0 heterocycles. The molecule has 0 radical (unpaired) electrons. The predicted molar refractivity (Wildman–Crippen MR) is 58.5 cm³/mol. The van der Waals surface area contributed by atoms with Crippen molar-refractivity contribution in [3.05, 3.63) is 36.4 Å². The van der Waals surface area contributed by atoms with Gasteiger partial charge in [0.05, 0.1) is 12.0 Å². The van der Waals surface area contributed by atoms with Crippen LogP contribution in [0.4, 0.5) is 0 Å². The predicted octanol–water partition coefficient (Wildman–Crippen LogP) is -1.24. The van der Waals surface area contributed by atoms with Gasteiger partial charge >= 0.3 is 29.6 Å². The summed E-state index contributed by atoms with van der Waals surface area (Å²) in [6.07, 6.45) is 0. The fraction of sp³-hybridized carbons (Fsp3) is 0.0909. The van der Waals surface area contributed by atoms with E-state index >= 15 is 0 Å². The molecule has 0 saturated carbocycles. The Balaban J connectivity index is 0.00000144. The molecule has 17 heavy (non-hydrogen) atoms. The molecule has 0 aliphatic rings. The quantitative estimate of drug-likeness (QED) is 0.500. The first-order valence-corrected chi connectivity index (χ1v) is 5.96. The van der Waals surface area contributed by atoms with Crippen LogP contribution >= 0.6 is 0 Å². The number of hydrogen-bond acceptors (Lipinski definition) is 4.